The Morgan fingerprint density at radius 1 is 0.829 bits per heavy atom. The summed E-state index contributed by atoms with van der Waals surface area (Å²) in [4.78, 5) is 44.4. The molecule has 0 atom stereocenters. The number of non-ortho nitro benzene ring substituents is 2. The van der Waals surface area contributed by atoms with E-state index >= 15 is 0 Å². The third-order valence-corrected chi connectivity index (χ3v) is 4.66. The number of hydrogen-bond donors (Lipinski definition) is 3. The summed E-state index contributed by atoms with van der Waals surface area (Å²) in [5.74, 6) is -1.10. The molecule has 0 aliphatic rings. The van der Waals surface area contributed by atoms with Gasteiger partial charge in [-0.3, -0.25) is 46.0 Å². The van der Waals surface area contributed by atoms with Crippen molar-refractivity contribution in [2.75, 3.05) is 6.61 Å². The molecule has 0 saturated heterocycles. The lowest BCUT2D eigenvalue weighted by Crippen LogP contribution is -2.49. The number of nitrogens with zero attached hydrogens (tertiary/aromatic N) is 2. The second-order valence-electron chi connectivity index (χ2n) is 6.89. The van der Waals surface area contributed by atoms with E-state index in [1.54, 1.807) is 12.1 Å². The van der Waals surface area contributed by atoms with Crippen LogP contribution < -0.4 is 20.9 Å². The molecule has 0 saturated carbocycles. The van der Waals surface area contributed by atoms with Crippen molar-refractivity contribution in [2.24, 2.45) is 0 Å². The smallest absolute Gasteiger partial charge is 0.277 e. The number of thiocarbonyl (C=S) groups is 1. The van der Waals surface area contributed by atoms with Crippen molar-refractivity contribution in [1.82, 2.24) is 16.2 Å². The van der Waals surface area contributed by atoms with E-state index < -0.39 is 33.0 Å². The normalized spacial score (nSPS) is 10.1. The molecule has 0 fully saturated rings. The van der Waals surface area contributed by atoms with Gasteiger partial charge in [0.15, 0.2) is 11.7 Å². The SMILES string of the molecule is O=C(COc1ccc(-c2ccccc2)cc1)NNC(=S)NC(=O)c1cc([N+](=O)[O-])cc([N+](=O)[O-])c1. The van der Waals surface area contributed by atoms with E-state index in [-0.39, 0.29) is 17.3 Å². The number of nitro benzene ring substituents is 2. The summed E-state index contributed by atoms with van der Waals surface area (Å²) in [6, 6.07) is 19.3. The minimum atomic E-state index is -0.946. The molecular weight excluding hydrogens is 478 g/mol. The van der Waals surface area contributed by atoms with Crippen LogP contribution in [-0.2, 0) is 4.79 Å². The van der Waals surface area contributed by atoms with Gasteiger partial charge in [0.05, 0.1) is 21.5 Å². The minimum Gasteiger partial charge on any atom is -0.484 e. The minimum absolute atomic E-state index is 0.343. The highest BCUT2D eigenvalue weighted by molar-refractivity contribution is 7.80. The third-order valence-electron chi connectivity index (χ3n) is 4.46. The fourth-order valence-electron chi connectivity index (χ4n) is 2.83. The van der Waals surface area contributed by atoms with Crippen LogP contribution in [0.5, 0.6) is 5.75 Å². The van der Waals surface area contributed by atoms with Crippen LogP contribution in [0.25, 0.3) is 11.1 Å². The Morgan fingerprint density at radius 3 is 1.97 bits per heavy atom. The van der Waals surface area contributed by atoms with E-state index in [4.69, 9.17) is 17.0 Å². The number of rotatable bonds is 7. The molecule has 0 radical (unpaired) electrons. The fourth-order valence-corrected chi connectivity index (χ4v) is 2.97. The average molecular weight is 495 g/mol. The van der Waals surface area contributed by atoms with Crippen molar-refractivity contribution < 1.29 is 24.2 Å². The molecule has 0 spiro atoms. The number of benzene rings is 3. The number of carbonyl (C=O) groups is 2. The van der Waals surface area contributed by atoms with Crippen LogP contribution in [0.2, 0.25) is 0 Å². The van der Waals surface area contributed by atoms with Crippen LogP contribution in [0.4, 0.5) is 11.4 Å². The predicted octanol–water partition coefficient (Wildman–Crippen LogP) is 2.88. The first-order chi connectivity index (χ1) is 16.7. The molecule has 0 aliphatic heterocycles. The van der Waals surface area contributed by atoms with E-state index in [9.17, 15) is 29.8 Å². The van der Waals surface area contributed by atoms with Crippen molar-refractivity contribution in [2.45, 2.75) is 0 Å². The van der Waals surface area contributed by atoms with Gasteiger partial charge in [-0.1, -0.05) is 42.5 Å². The van der Waals surface area contributed by atoms with E-state index in [0.717, 1.165) is 29.3 Å². The van der Waals surface area contributed by atoms with Gasteiger partial charge in [0, 0.05) is 12.1 Å². The van der Waals surface area contributed by atoms with Gasteiger partial charge in [-0.15, -0.1) is 0 Å². The van der Waals surface area contributed by atoms with Gasteiger partial charge in [-0.05, 0) is 35.5 Å². The van der Waals surface area contributed by atoms with Gasteiger partial charge in [0.25, 0.3) is 23.2 Å². The molecule has 2 amide bonds. The highest BCUT2D eigenvalue weighted by atomic mass is 32.1. The molecule has 3 rings (SSSR count). The van der Waals surface area contributed by atoms with Crippen molar-refractivity contribution >= 4 is 40.5 Å². The summed E-state index contributed by atoms with van der Waals surface area (Å²) in [6.45, 7) is -0.356. The van der Waals surface area contributed by atoms with Crippen molar-refractivity contribution in [3.8, 4) is 16.9 Å². The summed E-state index contributed by atoms with van der Waals surface area (Å²) < 4.78 is 5.40. The second kappa shape index (κ2) is 11.3. The van der Waals surface area contributed by atoms with E-state index in [1.165, 1.54) is 0 Å². The Morgan fingerprint density at radius 2 is 1.40 bits per heavy atom. The monoisotopic (exact) mass is 495 g/mol. The average Bonchev–Trinajstić information content (AvgIpc) is 2.86. The third kappa shape index (κ3) is 7.03. The molecule has 0 aromatic heterocycles. The molecule has 0 bridgehead atoms. The lowest BCUT2D eigenvalue weighted by molar-refractivity contribution is -0.394. The van der Waals surface area contributed by atoms with Crippen LogP contribution in [0, 0.1) is 20.2 Å². The van der Waals surface area contributed by atoms with Gasteiger partial charge in [0.1, 0.15) is 5.75 Å². The molecule has 0 aliphatic carbocycles. The number of amides is 2. The van der Waals surface area contributed by atoms with Gasteiger partial charge >= 0.3 is 0 Å². The van der Waals surface area contributed by atoms with Crippen LogP contribution in [0.3, 0.4) is 0 Å². The van der Waals surface area contributed by atoms with Crippen LogP contribution in [0.15, 0.2) is 72.8 Å². The van der Waals surface area contributed by atoms with Gasteiger partial charge in [-0.25, -0.2) is 0 Å². The van der Waals surface area contributed by atoms with Crippen LogP contribution >= 0.6 is 12.2 Å². The summed E-state index contributed by atoms with van der Waals surface area (Å²) >= 11 is 4.89. The summed E-state index contributed by atoms with van der Waals surface area (Å²) in [6.07, 6.45) is 0. The molecule has 178 valence electrons. The van der Waals surface area contributed by atoms with Gasteiger partial charge < -0.3 is 4.74 Å². The summed E-state index contributed by atoms with van der Waals surface area (Å²) in [7, 11) is 0. The van der Waals surface area contributed by atoms with Crippen LogP contribution in [-0.4, -0.2) is 33.4 Å². The molecule has 3 aromatic rings. The molecule has 13 heteroatoms. The van der Waals surface area contributed by atoms with Crippen LogP contribution in [0.1, 0.15) is 10.4 Å². The first-order valence-corrected chi connectivity index (χ1v) is 10.3. The molecule has 3 N–H and O–H groups in total. The Labute approximate surface area is 203 Å². The largest absolute Gasteiger partial charge is 0.484 e. The number of nitrogens with one attached hydrogen (secondary N) is 3. The lowest BCUT2D eigenvalue weighted by Gasteiger charge is -2.11. The molecule has 0 unspecified atom stereocenters. The topological polar surface area (TPSA) is 166 Å². The second-order valence-corrected chi connectivity index (χ2v) is 7.30. The number of hydrazine groups is 1. The predicted molar refractivity (Wildman–Crippen MR) is 128 cm³/mol. The first kappa shape index (κ1) is 24.7. The molecule has 3 aromatic carbocycles. The lowest BCUT2D eigenvalue weighted by atomic mass is 10.1. The number of hydrogen-bond acceptors (Lipinski definition) is 8. The Hall–Kier alpha value is -4.91. The van der Waals surface area contributed by atoms with Gasteiger partial charge in [0.2, 0.25) is 0 Å². The van der Waals surface area contributed by atoms with Crippen molar-refractivity contribution in [3.05, 3.63) is 98.6 Å². The zero-order valence-electron chi connectivity index (χ0n) is 17.8. The Bertz CT molecular complexity index is 1250. The maximum atomic E-state index is 12.3. The van der Waals surface area contributed by atoms with E-state index in [1.807, 2.05) is 42.5 Å². The molecular formula is C22H17N5O7S. The first-order valence-electron chi connectivity index (χ1n) is 9.85. The molecule has 0 heterocycles. The van der Waals surface area contributed by atoms with Crippen molar-refractivity contribution in [1.29, 1.82) is 0 Å². The highest BCUT2D eigenvalue weighted by Gasteiger charge is 2.20. The quantitative estimate of drug-likeness (QED) is 0.254. The zero-order valence-corrected chi connectivity index (χ0v) is 18.6. The van der Waals surface area contributed by atoms with E-state index in [2.05, 4.69) is 16.2 Å². The highest BCUT2D eigenvalue weighted by Crippen LogP contribution is 2.23. The zero-order chi connectivity index (χ0) is 25.4. The summed E-state index contributed by atoms with van der Waals surface area (Å²) in [5, 5.41) is 23.7. The maximum absolute atomic E-state index is 12.3. The van der Waals surface area contributed by atoms with E-state index in [0.29, 0.717) is 5.75 Å². The fraction of sp³-hybridized carbons (Fsp3) is 0.0455. The molecule has 35 heavy (non-hydrogen) atoms. The number of nitro groups is 2. The van der Waals surface area contributed by atoms with Gasteiger partial charge in [-0.2, -0.15) is 0 Å². The van der Waals surface area contributed by atoms with Crippen molar-refractivity contribution in [3.63, 3.8) is 0 Å². The standard InChI is InChI=1S/C22H17N5O7S/c28-20(13-34-19-8-6-15(7-9-19)14-4-2-1-3-5-14)24-25-22(35)23-21(29)16-10-17(26(30)31)12-18(11-16)27(32)33/h1-12H,13H2,(H,24,28)(H2,23,25,29,35). The maximum Gasteiger partial charge on any atom is 0.277 e. The molecule has 12 nitrogen and oxygen atoms in total. The Balaban J connectivity index is 1.48. The summed E-state index contributed by atoms with van der Waals surface area (Å²) in [5.41, 5.74) is 4.89. The Kier molecular flexibility index (Phi) is 7.98. The number of carbonyl (C=O) groups excluding carboxylic acids is 2. The number of ether oxygens (including phenoxy) is 1.